The lowest BCUT2D eigenvalue weighted by Crippen LogP contribution is -2.50. The number of amides is 3. The molecule has 19 heavy (non-hydrogen) atoms. The number of fused-ring (bicyclic) bond motifs is 2. The van der Waals surface area contributed by atoms with Crippen molar-refractivity contribution >= 4 is 17.9 Å². The van der Waals surface area contributed by atoms with Gasteiger partial charge in [0.05, 0.1) is 0 Å². The van der Waals surface area contributed by atoms with Crippen molar-refractivity contribution in [2.24, 2.45) is 11.7 Å². The van der Waals surface area contributed by atoms with E-state index >= 15 is 0 Å². The summed E-state index contributed by atoms with van der Waals surface area (Å²) in [7, 11) is 0. The number of aliphatic carboxylic acids is 1. The third kappa shape index (κ3) is 3.15. The van der Waals surface area contributed by atoms with Gasteiger partial charge in [-0.05, 0) is 31.6 Å². The molecule has 0 aromatic heterocycles. The summed E-state index contributed by atoms with van der Waals surface area (Å²) >= 11 is 0. The Bertz CT molecular complexity index is 398. The Hall–Kier alpha value is -1.79. The summed E-state index contributed by atoms with van der Waals surface area (Å²) in [6.45, 7) is 0.707. The molecule has 2 rings (SSSR count). The van der Waals surface area contributed by atoms with Gasteiger partial charge in [-0.25, -0.2) is 9.59 Å². The summed E-state index contributed by atoms with van der Waals surface area (Å²) in [5, 5.41) is 11.5. The Labute approximate surface area is 111 Å². The van der Waals surface area contributed by atoms with Crippen LogP contribution in [0.15, 0.2) is 0 Å². The molecular weight excluding hydrogens is 250 g/mol. The molecule has 0 aromatic carbocycles. The molecule has 4 N–H and O–H groups in total. The highest BCUT2D eigenvalue weighted by Crippen LogP contribution is 2.37. The van der Waals surface area contributed by atoms with Gasteiger partial charge >= 0.3 is 12.0 Å². The minimum atomic E-state index is -1.14. The molecule has 7 heteroatoms. The van der Waals surface area contributed by atoms with Gasteiger partial charge in [0.25, 0.3) is 0 Å². The molecule has 106 valence electrons. The van der Waals surface area contributed by atoms with E-state index in [-0.39, 0.29) is 24.9 Å². The molecule has 0 spiro atoms. The van der Waals surface area contributed by atoms with Crippen molar-refractivity contribution in [2.75, 3.05) is 6.54 Å². The number of hydrogen-bond acceptors (Lipinski definition) is 3. The van der Waals surface area contributed by atoms with Gasteiger partial charge in [-0.15, -0.1) is 0 Å². The first-order chi connectivity index (χ1) is 8.97. The molecule has 3 amide bonds. The first-order valence-electron chi connectivity index (χ1n) is 6.55. The molecule has 3 atom stereocenters. The van der Waals surface area contributed by atoms with Crippen molar-refractivity contribution in [3.05, 3.63) is 0 Å². The molecule has 1 aliphatic carbocycles. The van der Waals surface area contributed by atoms with Gasteiger partial charge in [-0.1, -0.05) is 0 Å². The molecule has 1 heterocycles. The number of nitrogens with two attached hydrogens (primary N) is 1. The van der Waals surface area contributed by atoms with E-state index in [9.17, 15) is 14.4 Å². The lowest BCUT2D eigenvalue weighted by atomic mass is 10.1. The average Bonchev–Trinajstić information content (AvgIpc) is 2.95. The highest BCUT2D eigenvalue weighted by atomic mass is 16.4. The van der Waals surface area contributed by atoms with E-state index < -0.39 is 17.9 Å². The fourth-order valence-corrected chi connectivity index (χ4v) is 2.95. The van der Waals surface area contributed by atoms with Gasteiger partial charge in [-0.3, -0.25) is 4.79 Å². The summed E-state index contributed by atoms with van der Waals surface area (Å²) in [5.41, 5.74) is 4.99. The topological polar surface area (TPSA) is 113 Å². The normalized spacial score (nSPS) is 26.2. The van der Waals surface area contributed by atoms with E-state index in [1.807, 2.05) is 0 Å². The number of carboxylic acid groups (broad SMARTS) is 1. The van der Waals surface area contributed by atoms with Crippen LogP contribution in [0.25, 0.3) is 0 Å². The Morgan fingerprint density at radius 1 is 1.37 bits per heavy atom. The van der Waals surface area contributed by atoms with Crippen molar-refractivity contribution in [3.63, 3.8) is 0 Å². The van der Waals surface area contributed by atoms with Crippen molar-refractivity contribution in [1.29, 1.82) is 0 Å². The first-order valence-corrected chi connectivity index (χ1v) is 6.55. The SMILES string of the molecule is NC(=O)CC[C@@H](NC(=O)N1CC2CCC1C2)C(=O)O. The molecule has 1 saturated heterocycles. The number of piperidine rings is 1. The number of urea groups is 1. The van der Waals surface area contributed by atoms with E-state index in [4.69, 9.17) is 10.8 Å². The maximum Gasteiger partial charge on any atom is 0.326 e. The summed E-state index contributed by atoms with van der Waals surface area (Å²) in [6, 6.07) is -1.15. The largest absolute Gasteiger partial charge is 0.480 e. The van der Waals surface area contributed by atoms with Crippen LogP contribution in [0.4, 0.5) is 4.79 Å². The fraction of sp³-hybridized carbons (Fsp3) is 0.750. The molecule has 0 radical (unpaired) electrons. The number of rotatable bonds is 5. The third-order valence-electron chi connectivity index (χ3n) is 3.95. The lowest BCUT2D eigenvalue weighted by molar-refractivity contribution is -0.139. The van der Waals surface area contributed by atoms with Gasteiger partial charge < -0.3 is 21.1 Å². The number of primary amides is 1. The molecule has 0 aromatic rings. The molecule has 2 aliphatic rings. The second-order valence-corrected chi connectivity index (χ2v) is 5.33. The van der Waals surface area contributed by atoms with E-state index in [1.54, 1.807) is 4.90 Å². The van der Waals surface area contributed by atoms with E-state index in [1.165, 1.54) is 0 Å². The highest BCUT2D eigenvalue weighted by molar-refractivity contribution is 5.83. The van der Waals surface area contributed by atoms with Crippen LogP contribution in [-0.4, -0.2) is 46.5 Å². The van der Waals surface area contributed by atoms with Crippen LogP contribution in [0, 0.1) is 5.92 Å². The first kappa shape index (κ1) is 13.6. The smallest absolute Gasteiger partial charge is 0.326 e. The van der Waals surface area contributed by atoms with Crippen LogP contribution in [-0.2, 0) is 9.59 Å². The molecule has 2 unspecified atom stereocenters. The Balaban J connectivity index is 1.88. The zero-order valence-corrected chi connectivity index (χ0v) is 10.7. The van der Waals surface area contributed by atoms with Crippen LogP contribution in [0.5, 0.6) is 0 Å². The van der Waals surface area contributed by atoms with Crippen molar-refractivity contribution < 1.29 is 19.5 Å². The van der Waals surface area contributed by atoms with Gasteiger partial charge in [0.1, 0.15) is 6.04 Å². The number of nitrogens with zero attached hydrogens (tertiary/aromatic N) is 1. The molecule has 7 nitrogen and oxygen atoms in total. The summed E-state index contributed by atoms with van der Waals surface area (Å²) < 4.78 is 0. The maximum absolute atomic E-state index is 12.0. The van der Waals surface area contributed by atoms with E-state index in [0.29, 0.717) is 12.5 Å². The van der Waals surface area contributed by atoms with Gasteiger partial charge in [0.15, 0.2) is 0 Å². The van der Waals surface area contributed by atoms with Gasteiger partial charge in [0, 0.05) is 19.0 Å². The highest BCUT2D eigenvalue weighted by Gasteiger charge is 2.40. The van der Waals surface area contributed by atoms with Crippen molar-refractivity contribution in [2.45, 2.75) is 44.2 Å². The van der Waals surface area contributed by atoms with E-state index in [2.05, 4.69) is 5.32 Å². The predicted octanol–water partition coefficient (Wildman–Crippen LogP) is -0.101. The molecular formula is C12H19N3O4. The van der Waals surface area contributed by atoms with Crippen LogP contribution in [0.3, 0.4) is 0 Å². The maximum atomic E-state index is 12.0. The Morgan fingerprint density at radius 2 is 2.11 bits per heavy atom. The minimum Gasteiger partial charge on any atom is -0.480 e. The fourth-order valence-electron chi connectivity index (χ4n) is 2.95. The second kappa shape index (κ2) is 5.46. The summed E-state index contributed by atoms with van der Waals surface area (Å²) in [4.78, 5) is 35.5. The molecule has 2 fully saturated rings. The van der Waals surface area contributed by atoms with Crippen molar-refractivity contribution in [3.8, 4) is 0 Å². The number of nitrogens with one attached hydrogen (secondary N) is 1. The number of likely N-dealkylation sites (tertiary alicyclic amines) is 1. The monoisotopic (exact) mass is 269 g/mol. The molecule has 1 saturated carbocycles. The van der Waals surface area contributed by atoms with Crippen LogP contribution >= 0.6 is 0 Å². The Kier molecular flexibility index (Phi) is 3.92. The lowest BCUT2D eigenvalue weighted by Gasteiger charge is -2.28. The van der Waals surface area contributed by atoms with Crippen molar-refractivity contribution in [1.82, 2.24) is 10.2 Å². The minimum absolute atomic E-state index is 0.0261. The zero-order chi connectivity index (χ0) is 14.0. The third-order valence-corrected chi connectivity index (χ3v) is 3.95. The quantitative estimate of drug-likeness (QED) is 0.646. The number of carbonyl (C=O) groups excluding carboxylic acids is 2. The molecule has 1 aliphatic heterocycles. The van der Waals surface area contributed by atoms with Crippen LogP contribution in [0.2, 0.25) is 0 Å². The predicted molar refractivity (Wildman–Crippen MR) is 66.2 cm³/mol. The van der Waals surface area contributed by atoms with Crippen LogP contribution < -0.4 is 11.1 Å². The summed E-state index contributed by atoms with van der Waals surface area (Å²) in [6.07, 6.45) is 3.14. The standard InChI is InChI=1S/C12H19N3O4/c13-10(16)4-3-9(11(17)18)14-12(19)15-6-7-1-2-8(15)5-7/h7-9H,1-6H2,(H2,13,16)(H,14,19)(H,17,18)/t7?,8?,9-/m1/s1. The van der Waals surface area contributed by atoms with Gasteiger partial charge in [-0.2, -0.15) is 0 Å². The average molecular weight is 269 g/mol. The Morgan fingerprint density at radius 3 is 2.58 bits per heavy atom. The van der Waals surface area contributed by atoms with E-state index in [0.717, 1.165) is 19.3 Å². The van der Waals surface area contributed by atoms with Crippen LogP contribution in [0.1, 0.15) is 32.1 Å². The second-order valence-electron chi connectivity index (χ2n) is 5.33. The van der Waals surface area contributed by atoms with Gasteiger partial charge in [0.2, 0.25) is 5.91 Å². The molecule has 2 bridgehead atoms. The summed E-state index contributed by atoms with van der Waals surface area (Å²) in [5.74, 6) is -1.15. The number of carbonyl (C=O) groups is 3. The number of hydrogen-bond donors (Lipinski definition) is 3. The zero-order valence-electron chi connectivity index (χ0n) is 10.7. The number of carboxylic acids is 1.